The number of aromatic nitrogens is 4. The van der Waals surface area contributed by atoms with Crippen LogP contribution >= 0.6 is 0 Å². The highest BCUT2D eigenvalue weighted by atomic mass is 15.3. The molecule has 120 valence electrons. The molecule has 1 atom stereocenters. The molecule has 0 spiro atoms. The summed E-state index contributed by atoms with van der Waals surface area (Å²) >= 11 is 0. The molecule has 0 fully saturated rings. The number of fused-ring (bicyclic) bond motifs is 1. The fourth-order valence-corrected chi connectivity index (χ4v) is 3.08. The van der Waals surface area contributed by atoms with E-state index in [1.54, 1.807) is 12.4 Å². The van der Waals surface area contributed by atoms with Crippen molar-refractivity contribution in [3.8, 4) is 0 Å². The molecule has 1 N–H and O–H groups in total. The molecule has 1 aliphatic rings. The first kappa shape index (κ1) is 14.6. The molecule has 0 aliphatic carbocycles. The van der Waals surface area contributed by atoms with E-state index < -0.39 is 0 Å². The van der Waals surface area contributed by atoms with Crippen molar-refractivity contribution in [1.82, 2.24) is 20.2 Å². The van der Waals surface area contributed by atoms with E-state index in [2.05, 4.69) is 61.6 Å². The summed E-state index contributed by atoms with van der Waals surface area (Å²) in [6.07, 6.45) is 6.31. The van der Waals surface area contributed by atoms with Crippen LogP contribution in [0.25, 0.3) is 0 Å². The Kier molecular flexibility index (Phi) is 3.78. The normalized spacial score (nSPS) is 16.0. The Balaban J connectivity index is 1.57. The van der Waals surface area contributed by atoms with E-state index in [4.69, 9.17) is 0 Å². The summed E-state index contributed by atoms with van der Waals surface area (Å²) in [5, 5.41) is 11.4. The summed E-state index contributed by atoms with van der Waals surface area (Å²) in [6, 6.07) is 12.7. The predicted molar refractivity (Wildman–Crippen MR) is 93.1 cm³/mol. The van der Waals surface area contributed by atoms with Crippen molar-refractivity contribution in [2.45, 2.75) is 25.9 Å². The summed E-state index contributed by atoms with van der Waals surface area (Å²) in [7, 11) is 0. The SMILES string of the molecule is CC1Cc2ccccc2N1c1cnnc(NCc2cccnc2)n1. The Labute approximate surface area is 140 Å². The molecule has 4 rings (SSSR count). The van der Waals surface area contributed by atoms with E-state index in [1.807, 2.05) is 18.3 Å². The van der Waals surface area contributed by atoms with Crippen LogP contribution in [-0.4, -0.2) is 26.2 Å². The quantitative estimate of drug-likeness (QED) is 0.798. The molecule has 0 saturated carbocycles. The Hall–Kier alpha value is -3.02. The zero-order valence-electron chi connectivity index (χ0n) is 13.4. The maximum absolute atomic E-state index is 4.64. The van der Waals surface area contributed by atoms with Crippen molar-refractivity contribution in [3.63, 3.8) is 0 Å². The largest absolute Gasteiger partial charge is 0.349 e. The summed E-state index contributed by atoms with van der Waals surface area (Å²) < 4.78 is 0. The number of benzene rings is 1. The van der Waals surface area contributed by atoms with E-state index in [-0.39, 0.29) is 0 Å². The van der Waals surface area contributed by atoms with Gasteiger partial charge in [0, 0.05) is 30.7 Å². The lowest BCUT2D eigenvalue weighted by Crippen LogP contribution is -2.25. The number of nitrogens with zero attached hydrogens (tertiary/aromatic N) is 5. The van der Waals surface area contributed by atoms with Crippen LogP contribution < -0.4 is 10.2 Å². The Bertz CT molecular complexity index is 836. The third-order valence-electron chi connectivity index (χ3n) is 4.17. The standard InChI is InChI=1S/C18H18N6/c1-13-9-15-6-2-3-7-16(15)24(13)17-12-21-23-18(22-17)20-11-14-5-4-8-19-10-14/h2-8,10,12-13H,9,11H2,1H3,(H,20,22,23). The fourth-order valence-electron chi connectivity index (χ4n) is 3.08. The van der Waals surface area contributed by atoms with Crippen LogP contribution in [-0.2, 0) is 13.0 Å². The highest BCUT2D eigenvalue weighted by molar-refractivity contribution is 5.68. The van der Waals surface area contributed by atoms with E-state index in [9.17, 15) is 0 Å². The van der Waals surface area contributed by atoms with Crippen molar-refractivity contribution >= 4 is 17.5 Å². The van der Waals surface area contributed by atoms with Crippen LogP contribution in [0.15, 0.2) is 55.0 Å². The van der Waals surface area contributed by atoms with E-state index in [0.717, 1.165) is 17.8 Å². The number of pyridine rings is 1. The molecule has 6 heteroatoms. The second-order valence-electron chi connectivity index (χ2n) is 5.90. The third kappa shape index (κ3) is 2.78. The van der Waals surface area contributed by atoms with Crippen LogP contribution in [0.1, 0.15) is 18.1 Å². The number of hydrogen-bond donors (Lipinski definition) is 1. The maximum atomic E-state index is 4.64. The minimum Gasteiger partial charge on any atom is -0.349 e. The van der Waals surface area contributed by atoms with Crippen molar-refractivity contribution in [2.75, 3.05) is 10.2 Å². The number of hydrogen-bond acceptors (Lipinski definition) is 6. The summed E-state index contributed by atoms with van der Waals surface area (Å²) in [4.78, 5) is 11.0. The van der Waals surface area contributed by atoms with E-state index in [1.165, 1.54) is 11.3 Å². The number of anilines is 3. The first-order valence-corrected chi connectivity index (χ1v) is 8.01. The van der Waals surface area contributed by atoms with Gasteiger partial charge in [-0.05, 0) is 36.6 Å². The molecular formula is C18H18N6. The Morgan fingerprint density at radius 2 is 2.08 bits per heavy atom. The lowest BCUT2D eigenvalue weighted by Gasteiger charge is -2.23. The van der Waals surface area contributed by atoms with Gasteiger partial charge in [-0.3, -0.25) is 4.98 Å². The van der Waals surface area contributed by atoms with Gasteiger partial charge in [0.05, 0.1) is 6.20 Å². The van der Waals surface area contributed by atoms with E-state index >= 15 is 0 Å². The Morgan fingerprint density at radius 3 is 2.96 bits per heavy atom. The van der Waals surface area contributed by atoms with Crippen LogP contribution in [0.5, 0.6) is 0 Å². The van der Waals surface area contributed by atoms with Crippen LogP contribution in [0.2, 0.25) is 0 Å². The second kappa shape index (κ2) is 6.23. The monoisotopic (exact) mass is 318 g/mol. The first-order valence-electron chi connectivity index (χ1n) is 8.01. The summed E-state index contributed by atoms with van der Waals surface area (Å²) in [5.74, 6) is 1.34. The van der Waals surface area contributed by atoms with Crippen LogP contribution in [0.4, 0.5) is 17.5 Å². The molecule has 0 saturated heterocycles. The van der Waals surface area contributed by atoms with Gasteiger partial charge in [0.2, 0.25) is 5.95 Å². The fraction of sp³-hybridized carbons (Fsp3) is 0.222. The lowest BCUT2D eigenvalue weighted by molar-refractivity contribution is 0.744. The van der Waals surface area contributed by atoms with Gasteiger partial charge in [0.15, 0.2) is 5.82 Å². The summed E-state index contributed by atoms with van der Waals surface area (Å²) in [5.41, 5.74) is 3.61. The molecule has 3 aromatic rings. The molecule has 24 heavy (non-hydrogen) atoms. The maximum Gasteiger partial charge on any atom is 0.244 e. The third-order valence-corrected chi connectivity index (χ3v) is 4.17. The molecule has 1 aliphatic heterocycles. The molecule has 1 aromatic carbocycles. The molecule has 0 radical (unpaired) electrons. The molecule has 0 amide bonds. The van der Waals surface area contributed by atoms with Crippen molar-refractivity contribution in [1.29, 1.82) is 0 Å². The van der Waals surface area contributed by atoms with E-state index in [0.29, 0.717) is 18.5 Å². The number of nitrogens with one attached hydrogen (secondary N) is 1. The predicted octanol–water partition coefficient (Wildman–Crippen LogP) is 2.96. The zero-order valence-corrected chi connectivity index (χ0v) is 13.4. The average Bonchev–Trinajstić information content (AvgIpc) is 2.97. The minimum absolute atomic E-state index is 0.352. The number of rotatable bonds is 4. The van der Waals surface area contributed by atoms with Gasteiger partial charge in [-0.25, -0.2) is 0 Å². The topological polar surface area (TPSA) is 66.8 Å². The molecule has 1 unspecified atom stereocenters. The van der Waals surface area contributed by atoms with Crippen molar-refractivity contribution in [3.05, 3.63) is 66.1 Å². The molecule has 0 bridgehead atoms. The molecule has 2 aromatic heterocycles. The first-order chi connectivity index (χ1) is 11.8. The lowest BCUT2D eigenvalue weighted by atomic mass is 10.1. The van der Waals surface area contributed by atoms with Gasteiger partial charge in [0.1, 0.15) is 0 Å². The molecule has 6 nitrogen and oxygen atoms in total. The minimum atomic E-state index is 0.352. The zero-order chi connectivity index (χ0) is 16.4. The van der Waals surface area contributed by atoms with Crippen LogP contribution in [0, 0.1) is 0 Å². The van der Waals surface area contributed by atoms with Gasteiger partial charge in [0.25, 0.3) is 0 Å². The van der Waals surface area contributed by atoms with Crippen LogP contribution in [0.3, 0.4) is 0 Å². The van der Waals surface area contributed by atoms with Gasteiger partial charge in [-0.15, -0.1) is 5.10 Å². The average molecular weight is 318 g/mol. The van der Waals surface area contributed by atoms with Crippen molar-refractivity contribution < 1.29 is 0 Å². The van der Waals surface area contributed by atoms with Crippen molar-refractivity contribution in [2.24, 2.45) is 0 Å². The van der Waals surface area contributed by atoms with Gasteiger partial charge in [-0.2, -0.15) is 10.1 Å². The van der Waals surface area contributed by atoms with Gasteiger partial charge >= 0.3 is 0 Å². The molecule has 3 heterocycles. The summed E-state index contributed by atoms with van der Waals surface area (Å²) in [6.45, 7) is 2.82. The Morgan fingerprint density at radius 1 is 1.17 bits per heavy atom. The molecular weight excluding hydrogens is 300 g/mol. The second-order valence-corrected chi connectivity index (χ2v) is 5.90. The van der Waals surface area contributed by atoms with Gasteiger partial charge in [-0.1, -0.05) is 24.3 Å². The highest BCUT2D eigenvalue weighted by Gasteiger charge is 2.28. The highest BCUT2D eigenvalue weighted by Crippen LogP contribution is 2.36. The van der Waals surface area contributed by atoms with Gasteiger partial charge < -0.3 is 10.2 Å². The smallest absolute Gasteiger partial charge is 0.244 e. The number of para-hydroxylation sites is 1.